The predicted octanol–water partition coefficient (Wildman–Crippen LogP) is 3.33. The lowest BCUT2D eigenvalue weighted by atomic mass is 9.77. The molecule has 1 unspecified atom stereocenters. The Bertz CT molecular complexity index is 354. The summed E-state index contributed by atoms with van der Waals surface area (Å²) in [5.41, 5.74) is 4.68. The molecule has 0 amide bonds. The molecule has 0 saturated heterocycles. The maximum absolute atomic E-state index is 12.8. The summed E-state index contributed by atoms with van der Waals surface area (Å²) >= 11 is 0. The van der Waals surface area contributed by atoms with Gasteiger partial charge in [0.2, 0.25) is 0 Å². The van der Waals surface area contributed by atoms with Crippen LogP contribution in [0, 0.1) is 0 Å². The molecule has 90 valence electrons. The van der Waals surface area contributed by atoms with Crippen LogP contribution in [0.1, 0.15) is 31.4 Å². The third-order valence-electron chi connectivity index (χ3n) is 3.11. The average Bonchev–Trinajstić information content (AvgIpc) is 2.27. The minimum atomic E-state index is -4.32. The molecular weight excluding hydrogens is 215 g/mol. The molecule has 0 aromatic heterocycles. The summed E-state index contributed by atoms with van der Waals surface area (Å²) in [4.78, 5) is 0. The van der Waals surface area contributed by atoms with E-state index in [9.17, 15) is 13.2 Å². The Labute approximate surface area is 93.5 Å². The zero-order valence-corrected chi connectivity index (χ0v) is 9.43. The molecule has 0 aliphatic heterocycles. The highest BCUT2D eigenvalue weighted by atomic mass is 19.4. The van der Waals surface area contributed by atoms with Crippen LogP contribution in [0.4, 0.5) is 13.2 Å². The summed E-state index contributed by atoms with van der Waals surface area (Å²) in [6.45, 7) is 3.81. The second-order valence-corrected chi connectivity index (χ2v) is 4.16. The van der Waals surface area contributed by atoms with Gasteiger partial charge in [0.05, 0.1) is 5.56 Å². The normalized spacial score (nSPS) is 15.9. The van der Waals surface area contributed by atoms with Gasteiger partial charge >= 0.3 is 6.18 Å². The third-order valence-corrected chi connectivity index (χ3v) is 3.11. The van der Waals surface area contributed by atoms with Crippen LogP contribution in [0.2, 0.25) is 0 Å². The number of halogens is 3. The van der Waals surface area contributed by atoms with Crippen molar-refractivity contribution in [1.82, 2.24) is 0 Å². The van der Waals surface area contributed by atoms with Crippen LogP contribution in [-0.2, 0) is 11.6 Å². The number of hydrogen-bond donors (Lipinski definition) is 1. The molecule has 0 radical (unpaired) electrons. The zero-order valence-electron chi connectivity index (χ0n) is 9.43. The molecule has 1 aromatic carbocycles. The predicted molar refractivity (Wildman–Crippen MR) is 58.1 cm³/mol. The van der Waals surface area contributed by atoms with Gasteiger partial charge in [-0.2, -0.15) is 13.2 Å². The first-order valence-corrected chi connectivity index (χ1v) is 5.22. The average molecular weight is 231 g/mol. The molecule has 1 aromatic rings. The van der Waals surface area contributed by atoms with Gasteiger partial charge in [-0.05, 0) is 18.1 Å². The molecule has 4 heteroatoms. The van der Waals surface area contributed by atoms with Crippen LogP contribution >= 0.6 is 0 Å². The SMILES string of the molecule is CCC(C)(CN)c1ccccc1C(F)(F)F. The van der Waals surface area contributed by atoms with Crippen molar-refractivity contribution in [2.75, 3.05) is 6.54 Å². The summed E-state index contributed by atoms with van der Waals surface area (Å²) in [7, 11) is 0. The van der Waals surface area contributed by atoms with Crippen molar-refractivity contribution in [3.63, 3.8) is 0 Å². The minimum absolute atomic E-state index is 0.205. The molecule has 0 aliphatic carbocycles. The van der Waals surface area contributed by atoms with Gasteiger partial charge < -0.3 is 5.73 Å². The van der Waals surface area contributed by atoms with Crippen LogP contribution < -0.4 is 5.73 Å². The third kappa shape index (κ3) is 2.38. The Morgan fingerprint density at radius 1 is 1.12 bits per heavy atom. The summed E-state index contributed by atoms with van der Waals surface area (Å²) in [6.07, 6.45) is -3.74. The first-order valence-electron chi connectivity index (χ1n) is 5.22. The van der Waals surface area contributed by atoms with Gasteiger partial charge in [-0.15, -0.1) is 0 Å². The first kappa shape index (κ1) is 13.0. The van der Waals surface area contributed by atoms with Crippen molar-refractivity contribution < 1.29 is 13.2 Å². The maximum atomic E-state index is 12.8. The van der Waals surface area contributed by atoms with Crippen LogP contribution in [0.25, 0.3) is 0 Å². The van der Waals surface area contributed by atoms with Crippen molar-refractivity contribution in [3.8, 4) is 0 Å². The molecule has 1 nitrogen and oxygen atoms in total. The lowest BCUT2D eigenvalue weighted by molar-refractivity contribution is -0.138. The molecule has 0 fully saturated rings. The Balaban J connectivity index is 3.34. The number of nitrogens with two attached hydrogens (primary N) is 1. The van der Waals surface area contributed by atoms with Gasteiger partial charge in [0, 0.05) is 12.0 Å². The Kier molecular flexibility index (Phi) is 3.63. The fourth-order valence-corrected chi connectivity index (χ4v) is 1.70. The van der Waals surface area contributed by atoms with E-state index in [1.807, 2.05) is 6.92 Å². The summed E-state index contributed by atoms with van der Waals surface area (Å²) in [6, 6.07) is 5.64. The summed E-state index contributed by atoms with van der Waals surface area (Å²) in [5.74, 6) is 0. The monoisotopic (exact) mass is 231 g/mol. The van der Waals surface area contributed by atoms with E-state index in [0.717, 1.165) is 6.07 Å². The van der Waals surface area contributed by atoms with Gasteiger partial charge in [0.1, 0.15) is 0 Å². The number of rotatable bonds is 3. The van der Waals surface area contributed by atoms with E-state index in [4.69, 9.17) is 5.73 Å². The van der Waals surface area contributed by atoms with Gasteiger partial charge in [0.25, 0.3) is 0 Å². The van der Waals surface area contributed by atoms with E-state index < -0.39 is 17.2 Å². The topological polar surface area (TPSA) is 26.0 Å². The van der Waals surface area contributed by atoms with Gasteiger partial charge in [0.15, 0.2) is 0 Å². The van der Waals surface area contributed by atoms with Crippen molar-refractivity contribution in [2.24, 2.45) is 5.73 Å². The first-order chi connectivity index (χ1) is 7.35. The molecule has 0 heterocycles. The second-order valence-electron chi connectivity index (χ2n) is 4.16. The largest absolute Gasteiger partial charge is 0.416 e. The van der Waals surface area contributed by atoms with Crippen molar-refractivity contribution in [1.29, 1.82) is 0 Å². The van der Waals surface area contributed by atoms with E-state index in [1.54, 1.807) is 13.0 Å². The Morgan fingerprint density at radius 2 is 1.62 bits per heavy atom. The highest BCUT2D eigenvalue weighted by Gasteiger charge is 2.37. The van der Waals surface area contributed by atoms with Crippen molar-refractivity contribution in [2.45, 2.75) is 31.9 Å². The molecule has 0 aliphatic rings. The molecule has 0 spiro atoms. The number of benzene rings is 1. The molecular formula is C12H16F3N. The van der Waals surface area contributed by atoms with Crippen LogP contribution in [-0.4, -0.2) is 6.54 Å². The van der Waals surface area contributed by atoms with Crippen molar-refractivity contribution in [3.05, 3.63) is 35.4 Å². The van der Waals surface area contributed by atoms with E-state index in [1.165, 1.54) is 12.1 Å². The number of hydrogen-bond acceptors (Lipinski definition) is 1. The Hall–Kier alpha value is -1.03. The second kappa shape index (κ2) is 4.45. The zero-order chi connectivity index (χ0) is 12.4. The van der Waals surface area contributed by atoms with Crippen LogP contribution in [0.3, 0.4) is 0 Å². The fraction of sp³-hybridized carbons (Fsp3) is 0.500. The van der Waals surface area contributed by atoms with Crippen molar-refractivity contribution >= 4 is 0 Å². The molecule has 1 atom stereocenters. The van der Waals surface area contributed by atoms with Crippen LogP contribution in [0.15, 0.2) is 24.3 Å². The minimum Gasteiger partial charge on any atom is -0.330 e. The molecule has 2 N–H and O–H groups in total. The van der Waals surface area contributed by atoms with Gasteiger partial charge in [-0.25, -0.2) is 0 Å². The Morgan fingerprint density at radius 3 is 2.00 bits per heavy atom. The fourth-order valence-electron chi connectivity index (χ4n) is 1.70. The molecule has 0 bridgehead atoms. The maximum Gasteiger partial charge on any atom is 0.416 e. The molecule has 1 rings (SSSR count). The molecule has 16 heavy (non-hydrogen) atoms. The van der Waals surface area contributed by atoms with E-state index in [0.29, 0.717) is 6.42 Å². The van der Waals surface area contributed by atoms with E-state index in [-0.39, 0.29) is 12.1 Å². The van der Waals surface area contributed by atoms with Gasteiger partial charge in [-0.1, -0.05) is 32.0 Å². The van der Waals surface area contributed by atoms with Gasteiger partial charge in [-0.3, -0.25) is 0 Å². The number of alkyl halides is 3. The highest BCUT2D eigenvalue weighted by molar-refractivity contribution is 5.36. The lowest BCUT2D eigenvalue weighted by Crippen LogP contribution is -2.33. The summed E-state index contributed by atoms with van der Waals surface area (Å²) < 4.78 is 38.4. The van der Waals surface area contributed by atoms with E-state index in [2.05, 4.69) is 0 Å². The highest BCUT2D eigenvalue weighted by Crippen LogP contribution is 2.38. The lowest BCUT2D eigenvalue weighted by Gasteiger charge is -2.30. The quantitative estimate of drug-likeness (QED) is 0.848. The summed E-state index contributed by atoms with van der Waals surface area (Å²) in [5, 5.41) is 0. The standard InChI is InChI=1S/C12H16F3N/c1-3-11(2,8-16)9-6-4-5-7-10(9)12(13,14)15/h4-7H,3,8,16H2,1-2H3. The molecule has 0 saturated carbocycles. The van der Waals surface area contributed by atoms with E-state index >= 15 is 0 Å². The smallest absolute Gasteiger partial charge is 0.330 e. The van der Waals surface area contributed by atoms with Crippen LogP contribution in [0.5, 0.6) is 0 Å².